The molecule has 4 rings (SSSR count). The summed E-state index contributed by atoms with van der Waals surface area (Å²) in [6.45, 7) is 0. The van der Waals surface area contributed by atoms with E-state index < -0.39 is 0 Å². The molecule has 2 bridgehead atoms. The zero-order chi connectivity index (χ0) is 13.7. The maximum atomic E-state index is 12.2. The summed E-state index contributed by atoms with van der Waals surface area (Å²) in [4.78, 5) is 30.9. The number of nitrogens with zero attached hydrogens (tertiary/aromatic N) is 1. The Morgan fingerprint density at radius 3 is 2.85 bits per heavy atom. The van der Waals surface area contributed by atoms with Crippen LogP contribution >= 0.6 is 0 Å². The Hall–Kier alpha value is -1.69. The number of ether oxygens (including phenoxy) is 1. The highest BCUT2D eigenvalue weighted by atomic mass is 16.5. The molecule has 106 valence electrons. The zero-order valence-corrected chi connectivity index (χ0v) is 11.1. The maximum absolute atomic E-state index is 12.2. The molecular weight excluding hydrogens is 258 g/mol. The molecule has 0 aromatic carbocycles. The molecule has 1 aliphatic carbocycles. The molecule has 0 spiro atoms. The number of fused-ring (bicyclic) bond motifs is 2. The summed E-state index contributed by atoms with van der Waals surface area (Å²) in [5.41, 5.74) is -0.0327. The summed E-state index contributed by atoms with van der Waals surface area (Å²) >= 11 is 0. The van der Waals surface area contributed by atoms with Crippen LogP contribution in [0.15, 0.2) is 10.9 Å². The first-order valence-electron chi connectivity index (χ1n) is 7.26. The van der Waals surface area contributed by atoms with Crippen molar-refractivity contribution in [3.05, 3.63) is 27.9 Å². The first-order chi connectivity index (χ1) is 9.69. The van der Waals surface area contributed by atoms with Gasteiger partial charge in [-0.25, -0.2) is 4.98 Å². The van der Waals surface area contributed by atoms with Crippen LogP contribution in [0.2, 0.25) is 0 Å². The van der Waals surface area contributed by atoms with E-state index in [4.69, 9.17) is 4.74 Å². The molecule has 3 heterocycles. The Kier molecular flexibility index (Phi) is 2.66. The summed E-state index contributed by atoms with van der Waals surface area (Å²) < 4.78 is 5.71. The summed E-state index contributed by atoms with van der Waals surface area (Å²) in [6, 6.07) is 1.33. The Bertz CT molecular complexity index is 608. The van der Waals surface area contributed by atoms with Gasteiger partial charge in [0, 0.05) is 12.0 Å². The van der Waals surface area contributed by atoms with Gasteiger partial charge in [-0.1, -0.05) is 0 Å². The molecular formula is C14H17N3O3. The molecule has 3 atom stereocenters. The average Bonchev–Trinajstić information content (AvgIpc) is 3.09. The van der Waals surface area contributed by atoms with Crippen LogP contribution in [0.25, 0.3) is 0 Å². The minimum Gasteiger partial charge on any atom is -0.373 e. The highest BCUT2D eigenvalue weighted by Gasteiger charge is 2.41. The third-order valence-corrected chi connectivity index (χ3v) is 4.38. The van der Waals surface area contributed by atoms with E-state index in [9.17, 15) is 9.59 Å². The van der Waals surface area contributed by atoms with Gasteiger partial charge in [0.1, 0.15) is 11.5 Å². The smallest absolute Gasteiger partial charge is 0.270 e. The summed E-state index contributed by atoms with van der Waals surface area (Å²) in [5, 5.41) is 2.96. The number of aromatic nitrogens is 2. The third-order valence-electron chi connectivity index (χ3n) is 4.38. The fourth-order valence-electron chi connectivity index (χ4n) is 3.17. The molecule has 0 unspecified atom stereocenters. The topological polar surface area (TPSA) is 84.1 Å². The Balaban J connectivity index is 1.52. The molecule has 3 fully saturated rings. The van der Waals surface area contributed by atoms with E-state index in [-0.39, 0.29) is 29.3 Å². The van der Waals surface area contributed by atoms with E-state index in [0.717, 1.165) is 32.1 Å². The van der Waals surface area contributed by atoms with Gasteiger partial charge in [0.25, 0.3) is 11.5 Å². The molecule has 2 aliphatic heterocycles. The highest BCUT2D eigenvalue weighted by Crippen LogP contribution is 2.37. The quantitative estimate of drug-likeness (QED) is 0.850. The lowest BCUT2D eigenvalue weighted by Gasteiger charge is -2.19. The molecule has 6 nitrogen and oxygen atoms in total. The average molecular weight is 275 g/mol. The van der Waals surface area contributed by atoms with Crippen molar-refractivity contribution in [2.45, 2.75) is 56.3 Å². The van der Waals surface area contributed by atoms with Gasteiger partial charge in [-0.2, -0.15) is 0 Å². The lowest BCUT2D eigenvalue weighted by atomic mass is 9.95. The van der Waals surface area contributed by atoms with E-state index in [2.05, 4.69) is 15.3 Å². The SMILES string of the molecule is O=C(N[C@@H]1C[C@@H]2CC[C@H]1O2)c1cc(=O)[nH]c(C2CC2)n1. The van der Waals surface area contributed by atoms with Crippen molar-refractivity contribution in [3.8, 4) is 0 Å². The van der Waals surface area contributed by atoms with Crippen molar-refractivity contribution in [2.75, 3.05) is 0 Å². The lowest BCUT2D eigenvalue weighted by molar-refractivity contribution is 0.0837. The molecule has 20 heavy (non-hydrogen) atoms. The van der Waals surface area contributed by atoms with E-state index in [1.807, 2.05) is 0 Å². The van der Waals surface area contributed by atoms with Crippen molar-refractivity contribution in [3.63, 3.8) is 0 Å². The Morgan fingerprint density at radius 1 is 1.35 bits per heavy atom. The minimum atomic E-state index is -0.265. The number of carbonyl (C=O) groups excluding carboxylic acids is 1. The lowest BCUT2D eigenvalue weighted by Crippen LogP contribution is -2.42. The first-order valence-corrected chi connectivity index (χ1v) is 7.26. The van der Waals surface area contributed by atoms with Crippen LogP contribution < -0.4 is 10.9 Å². The van der Waals surface area contributed by atoms with Crippen LogP contribution in [0, 0.1) is 0 Å². The van der Waals surface area contributed by atoms with Crippen molar-refractivity contribution in [1.82, 2.24) is 15.3 Å². The van der Waals surface area contributed by atoms with Gasteiger partial charge in [-0.05, 0) is 32.1 Å². The predicted octanol–water partition coefficient (Wildman–Crippen LogP) is 0.697. The predicted molar refractivity (Wildman–Crippen MR) is 70.6 cm³/mol. The molecule has 3 aliphatic rings. The molecule has 1 aromatic rings. The molecule has 0 radical (unpaired) electrons. The van der Waals surface area contributed by atoms with Crippen molar-refractivity contribution < 1.29 is 9.53 Å². The van der Waals surface area contributed by atoms with E-state index in [0.29, 0.717) is 17.8 Å². The second kappa shape index (κ2) is 4.41. The van der Waals surface area contributed by atoms with Crippen LogP contribution in [0.4, 0.5) is 0 Å². The number of aromatic amines is 1. The van der Waals surface area contributed by atoms with Gasteiger partial charge < -0.3 is 15.0 Å². The van der Waals surface area contributed by atoms with E-state index in [1.54, 1.807) is 0 Å². The van der Waals surface area contributed by atoms with Crippen LogP contribution in [0.1, 0.15) is 54.3 Å². The van der Waals surface area contributed by atoms with Gasteiger partial charge in [-0.15, -0.1) is 0 Å². The molecule has 1 aromatic heterocycles. The number of amides is 1. The first kappa shape index (κ1) is 12.1. The van der Waals surface area contributed by atoms with E-state index in [1.165, 1.54) is 6.07 Å². The van der Waals surface area contributed by atoms with Gasteiger partial charge in [-0.3, -0.25) is 9.59 Å². The molecule has 1 amide bonds. The van der Waals surface area contributed by atoms with Gasteiger partial charge in [0.15, 0.2) is 0 Å². The van der Waals surface area contributed by atoms with Crippen molar-refractivity contribution >= 4 is 5.91 Å². The van der Waals surface area contributed by atoms with E-state index >= 15 is 0 Å². The Morgan fingerprint density at radius 2 is 2.20 bits per heavy atom. The van der Waals surface area contributed by atoms with Crippen LogP contribution in [-0.4, -0.2) is 34.1 Å². The fourth-order valence-corrected chi connectivity index (χ4v) is 3.17. The highest BCUT2D eigenvalue weighted by molar-refractivity contribution is 5.92. The summed E-state index contributed by atoms with van der Waals surface area (Å²) in [6.07, 6.45) is 5.46. The maximum Gasteiger partial charge on any atom is 0.270 e. The van der Waals surface area contributed by atoms with Crippen molar-refractivity contribution in [2.24, 2.45) is 0 Å². The molecule has 2 N–H and O–H groups in total. The second-order valence-corrected chi connectivity index (χ2v) is 5.98. The summed E-state index contributed by atoms with van der Waals surface area (Å²) in [7, 11) is 0. The monoisotopic (exact) mass is 275 g/mol. The largest absolute Gasteiger partial charge is 0.373 e. The van der Waals surface area contributed by atoms with Gasteiger partial charge in [0.05, 0.1) is 18.2 Å². The second-order valence-electron chi connectivity index (χ2n) is 5.98. The Labute approximate surface area is 115 Å². The number of nitrogens with one attached hydrogen (secondary N) is 2. The van der Waals surface area contributed by atoms with Gasteiger partial charge in [0.2, 0.25) is 0 Å². The van der Waals surface area contributed by atoms with Crippen LogP contribution in [-0.2, 0) is 4.74 Å². The number of rotatable bonds is 3. The summed E-state index contributed by atoms with van der Waals surface area (Å²) in [5.74, 6) is 0.701. The minimum absolute atomic E-state index is 0.0618. The zero-order valence-electron chi connectivity index (χ0n) is 11.1. The molecule has 1 saturated carbocycles. The van der Waals surface area contributed by atoms with Crippen molar-refractivity contribution in [1.29, 1.82) is 0 Å². The number of hydrogen-bond acceptors (Lipinski definition) is 4. The molecule has 6 heteroatoms. The third kappa shape index (κ3) is 2.14. The number of carbonyl (C=O) groups is 1. The number of hydrogen-bond donors (Lipinski definition) is 2. The van der Waals surface area contributed by atoms with Crippen LogP contribution in [0.3, 0.4) is 0 Å². The fraction of sp³-hybridized carbons (Fsp3) is 0.643. The van der Waals surface area contributed by atoms with Gasteiger partial charge >= 0.3 is 0 Å². The number of H-pyrrole nitrogens is 1. The molecule has 2 saturated heterocycles. The standard InChI is InChI=1S/C14H17N3O3/c18-12-6-10(15-13(17-12)7-1-2-7)14(19)16-9-5-8-3-4-11(9)20-8/h6-9,11H,1-5H2,(H,16,19)(H,15,17,18)/t8-,9+,11+/m0/s1. The normalized spacial score (nSPS) is 31.5. The van der Waals surface area contributed by atoms with Crippen LogP contribution in [0.5, 0.6) is 0 Å².